The Morgan fingerprint density at radius 1 is 1.12 bits per heavy atom. The van der Waals surface area contributed by atoms with Crippen LogP contribution in [0.15, 0.2) is 11.4 Å². The predicted octanol–water partition coefficient (Wildman–Crippen LogP) is 4.83. The molecule has 4 unspecified atom stereocenters. The van der Waals surface area contributed by atoms with Crippen LogP contribution in [-0.2, 0) is 17.8 Å². The zero-order valence-corrected chi connectivity index (χ0v) is 20.4. The molecule has 0 aliphatic heterocycles. The number of hydrogen-bond donors (Lipinski definition) is 1. The van der Waals surface area contributed by atoms with Crippen molar-refractivity contribution in [2.24, 2.45) is 51.3 Å². The minimum atomic E-state index is 0.509. The Morgan fingerprint density at radius 2 is 1.97 bits per heavy atom. The second-order valence-electron chi connectivity index (χ2n) is 11.9. The fraction of sp³-hybridized carbons (Fsp3) is 0.885. The van der Waals surface area contributed by atoms with Gasteiger partial charge in [0.15, 0.2) is 0 Å². The molecular weight excluding hydrogens is 398 g/mol. The van der Waals surface area contributed by atoms with E-state index in [4.69, 9.17) is 10.6 Å². The topological polar surface area (TPSA) is 78.3 Å². The Bertz CT molecular complexity index is 836. The minimum Gasteiger partial charge on any atom is -0.394 e. The molecule has 6 heteroatoms. The molecule has 4 fully saturated rings. The lowest BCUT2D eigenvalue weighted by molar-refractivity contribution is -0.0994. The number of nitrogens with zero attached hydrogens (tertiary/aromatic N) is 4. The largest absolute Gasteiger partial charge is 0.394 e. The fourth-order valence-electron chi connectivity index (χ4n) is 8.39. The van der Waals surface area contributed by atoms with Gasteiger partial charge >= 0.3 is 0 Å². The van der Waals surface area contributed by atoms with E-state index in [0.717, 1.165) is 54.5 Å². The molecule has 0 bridgehead atoms. The normalized spacial score (nSPS) is 42.4. The molecule has 0 saturated heterocycles. The minimum absolute atomic E-state index is 0.509. The molecular formula is C26H43N5O. The smallest absolute Gasteiger partial charge is 0.136 e. The van der Waals surface area contributed by atoms with Crippen LogP contribution in [0.4, 0.5) is 0 Å². The molecule has 7 atom stereocenters. The van der Waals surface area contributed by atoms with E-state index in [2.05, 4.69) is 36.2 Å². The van der Waals surface area contributed by atoms with Crippen LogP contribution in [0.1, 0.15) is 84.3 Å². The highest BCUT2D eigenvalue weighted by atomic mass is 16.6. The first-order valence-electron chi connectivity index (χ1n) is 13.2. The molecule has 5 rings (SSSR count). The van der Waals surface area contributed by atoms with Crippen molar-refractivity contribution in [3.05, 3.63) is 11.9 Å². The van der Waals surface area contributed by atoms with Crippen molar-refractivity contribution in [1.82, 2.24) is 15.0 Å². The first-order valence-corrected chi connectivity index (χ1v) is 13.2. The lowest BCUT2D eigenvalue weighted by atomic mass is 9.45. The SMILES string of the molecule is C[C@H]1CCC2C3CCC4CC(=NOCCn5cc(CCN)nn5)CC[C@]4(C)C3CC[C@@]21C. The number of hydrogen-bond acceptors (Lipinski definition) is 5. The van der Waals surface area contributed by atoms with Crippen LogP contribution in [0, 0.1) is 40.4 Å². The summed E-state index contributed by atoms with van der Waals surface area (Å²) in [6.07, 6.45) is 15.0. The first kappa shape index (κ1) is 22.4. The standard InChI is InChI=1S/C26H43N5O/c1-18-4-7-23-22-6-5-19-16-20(8-11-26(19,3)24(22)9-12-25(18,23)2)29-32-15-14-31-17-21(10-13-27)28-30-31/h17-19,22-24H,4-16,27H2,1-3H3/t18-,19?,22?,23?,24?,25+,26-/m0/s1. The molecule has 6 nitrogen and oxygen atoms in total. The molecule has 0 aromatic carbocycles. The highest BCUT2D eigenvalue weighted by Gasteiger charge is 2.59. The molecule has 0 spiro atoms. The fourth-order valence-corrected chi connectivity index (χ4v) is 8.39. The van der Waals surface area contributed by atoms with Crippen molar-refractivity contribution in [2.45, 2.75) is 91.5 Å². The van der Waals surface area contributed by atoms with Gasteiger partial charge in [-0.15, -0.1) is 5.10 Å². The van der Waals surface area contributed by atoms with Gasteiger partial charge < -0.3 is 10.6 Å². The Morgan fingerprint density at radius 3 is 2.81 bits per heavy atom. The second kappa shape index (κ2) is 8.73. The average Bonchev–Trinajstić information content (AvgIpc) is 3.35. The zero-order valence-electron chi connectivity index (χ0n) is 20.4. The lowest BCUT2D eigenvalue weighted by Crippen LogP contribution is -2.53. The summed E-state index contributed by atoms with van der Waals surface area (Å²) in [5.41, 5.74) is 8.93. The molecule has 1 heterocycles. The van der Waals surface area contributed by atoms with Gasteiger partial charge in [0, 0.05) is 12.6 Å². The maximum atomic E-state index is 5.72. The number of rotatable bonds is 6. The van der Waals surface area contributed by atoms with E-state index in [-0.39, 0.29) is 0 Å². The Labute approximate surface area is 193 Å². The summed E-state index contributed by atoms with van der Waals surface area (Å²) in [5.74, 6) is 4.60. The predicted molar refractivity (Wildman–Crippen MR) is 127 cm³/mol. The molecule has 1 aromatic heterocycles. The molecule has 0 radical (unpaired) electrons. The zero-order chi connectivity index (χ0) is 22.3. The molecule has 4 saturated carbocycles. The van der Waals surface area contributed by atoms with E-state index >= 15 is 0 Å². The van der Waals surface area contributed by atoms with E-state index < -0.39 is 0 Å². The van der Waals surface area contributed by atoms with Gasteiger partial charge in [0.1, 0.15) is 6.61 Å². The van der Waals surface area contributed by atoms with Gasteiger partial charge in [-0.1, -0.05) is 31.1 Å². The van der Waals surface area contributed by atoms with Crippen LogP contribution in [0.5, 0.6) is 0 Å². The molecule has 0 amide bonds. The van der Waals surface area contributed by atoms with Crippen LogP contribution in [-0.4, -0.2) is 33.9 Å². The highest BCUT2D eigenvalue weighted by Crippen LogP contribution is 2.67. The van der Waals surface area contributed by atoms with Gasteiger partial charge in [0.05, 0.1) is 18.0 Å². The molecule has 1 aromatic rings. The van der Waals surface area contributed by atoms with Crippen LogP contribution < -0.4 is 5.73 Å². The maximum absolute atomic E-state index is 5.72. The van der Waals surface area contributed by atoms with Gasteiger partial charge in [-0.05, 0) is 105 Å². The van der Waals surface area contributed by atoms with Crippen LogP contribution >= 0.6 is 0 Å². The number of aromatic nitrogens is 3. The average molecular weight is 442 g/mol. The number of oxime groups is 1. The van der Waals surface area contributed by atoms with Crippen molar-refractivity contribution in [1.29, 1.82) is 0 Å². The monoisotopic (exact) mass is 441 g/mol. The van der Waals surface area contributed by atoms with Crippen molar-refractivity contribution in [3.8, 4) is 0 Å². The van der Waals surface area contributed by atoms with E-state index in [1.165, 1.54) is 50.7 Å². The molecule has 178 valence electrons. The highest BCUT2D eigenvalue weighted by molar-refractivity contribution is 5.85. The second-order valence-corrected chi connectivity index (χ2v) is 11.9. The van der Waals surface area contributed by atoms with Gasteiger partial charge in [-0.2, -0.15) is 0 Å². The van der Waals surface area contributed by atoms with Crippen LogP contribution in [0.2, 0.25) is 0 Å². The van der Waals surface area contributed by atoms with Crippen molar-refractivity contribution in [3.63, 3.8) is 0 Å². The Kier molecular flexibility index (Phi) is 6.10. The third-order valence-electron chi connectivity index (χ3n) is 10.6. The molecule has 4 aliphatic rings. The maximum Gasteiger partial charge on any atom is 0.136 e. The van der Waals surface area contributed by atoms with E-state index in [1.54, 1.807) is 0 Å². The van der Waals surface area contributed by atoms with Crippen LogP contribution in [0.25, 0.3) is 0 Å². The van der Waals surface area contributed by atoms with Crippen molar-refractivity contribution < 1.29 is 4.84 Å². The van der Waals surface area contributed by atoms with Gasteiger partial charge in [-0.25, -0.2) is 4.68 Å². The van der Waals surface area contributed by atoms with Gasteiger partial charge in [0.25, 0.3) is 0 Å². The van der Waals surface area contributed by atoms with Crippen molar-refractivity contribution in [2.75, 3.05) is 13.2 Å². The summed E-state index contributed by atoms with van der Waals surface area (Å²) < 4.78 is 1.82. The van der Waals surface area contributed by atoms with E-state index in [9.17, 15) is 0 Å². The van der Waals surface area contributed by atoms with Gasteiger partial charge in [-0.3, -0.25) is 0 Å². The number of nitrogens with two attached hydrogens (primary N) is 1. The summed E-state index contributed by atoms with van der Waals surface area (Å²) >= 11 is 0. The summed E-state index contributed by atoms with van der Waals surface area (Å²) in [4.78, 5) is 5.72. The molecule has 2 N–H and O–H groups in total. The van der Waals surface area contributed by atoms with Crippen LogP contribution in [0.3, 0.4) is 0 Å². The summed E-state index contributed by atoms with van der Waals surface area (Å²) in [7, 11) is 0. The lowest BCUT2D eigenvalue weighted by Gasteiger charge is -2.60. The van der Waals surface area contributed by atoms with E-state index in [1.807, 2.05) is 10.9 Å². The Balaban J connectivity index is 1.17. The quantitative estimate of drug-likeness (QED) is 0.506. The molecule has 4 aliphatic carbocycles. The summed E-state index contributed by atoms with van der Waals surface area (Å²) in [6, 6.07) is 0. The molecule has 32 heavy (non-hydrogen) atoms. The van der Waals surface area contributed by atoms with Crippen molar-refractivity contribution >= 4 is 5.71 Å². The first-order chi connectivity index (χ1) is 15.4. The third-order valence-corrected chi connectivity index (χ3v) is 10.6. The Hall–Kier alpha value is -1.43. The number of fused-ring (bicyclic) bond motifs is 5. The van der Waals surface area contributed by atoms with E-state index in [0.29, 0.717) is 30.5 Å². The third kappa shape index (κ3) is 3.80. The summed E-state index contributed by atoms with van der Waals surface area (Å²) in [6.45, 7) is 9.61. The van der Waals surface area contributed by atoms with Gasteiger partial charge in [0.2, 0.25) is 0 Å². The summed E-state index contributed by atoms with van der Waals surface area (Å²) in [5, 5.41) is 12.8.